The molecule has 0 radical (unpaired) electrons. The van der Waals surface area contributed by atoms with Crippen LogP contribution in [0.1, 0.15) is 17.3 Å². The summed E-state index contributed by atoms with van der Waals surface area (Å²) in [6.45, 7) is 2.18. The molecular formula is C7H10O3Si. The lowest BCUT2D eigenvalue weighted by molar-refractivity contribution is 0.0525. The summed E-state index contributed by atoms with van der Waals surface area (Å²) in [7, 11) is 0.820. The maximum absolute atomic E-state index is 11.0. The SMILES string of the molecule is CCOC(=O)c1coc([SiH3])c1. The highest BCUT2D eigenvalue weighted by Gasteiger charge is 2.07. The van der Waals surface area contributed by atoms with Gasteiger partial charge in [0.05, 0.1) is 27.8 Å². The Kier molecular flexibility index (Phi) is 2.48. The van der Waals surface area contributed by atoms with Gasteiger partial charge in [0.25, 0.3) is 0 Å². The molecule has 1 rings (SSSR count). The molecule has 0 amide bonds. The van der Waals surface area contributed by atoms with Crippen molar-refractivity contribution in [2.24, 2.45) is 0 Å². The van der Waals surface area contributed by atoms with Crippen molar-refractivity contribution in [3.05, 3.63) is 17.9 Å². The molecule has 0 aromatic carbocycles. The molecule has 0 atom stereocenters. The Morgan fingerprint density at radius 1 is 1.82 bits per heavy atom. The number of rotatable bonds is 2. The second-order valence-electron chi connectivity index (χ2n) is 2.17. The lowest BCUT2D eigenvalue weighted by atomic mass is 10.3. The fourth-order valence-corrected chi connectivity index (χ4v) is 1.19. The quantitative estimate of drug-likeness (QED) is 0.441. The second-order valence-corrected chi connectivity index (χ2v) is 3.15. The van der Waals surface area contributed by atoms with E-state index in [9.17, 15) is 4.79 Å². The maximum atomic E-state index is 11.0. The highest BCUT2D eigenvalue weighted by Crippen LogP contribution is 1.99. The number of carbonyl (C=O) groups excluding carboxylic acids is 1. The summed E-state index contributed by atoms with van der Waals surface area (Å²) in [5.41, 5.74) is 0.511. The molecule has 1 aromatic rings. The van der Waals surface area contributed by atoms with Gasteiger partial charge in [-0.25, -0.2) is 4.79 Å². The van der Waals surface area contributed by atoms with Gasteiger partial charge in [0.15, 0.2) is 0 Å². The molecule has 0 N–H and O–H groups in total. The summed E-state index contributed by atoms with van der Waals surface area (Å²) in [4.78, 5) is 11.0. The third-order valence-electron chi connectivity index (χ3n) is 1.24. The van der Waals surface area contributed by atoms with Crippen molar-refractivity contribution in [2.75, 3.05) is 6.61 Å². The fraction of sp³-hybridized carbons (Fsp3) is 0.286. The number of esters is 1. The van der Waals surface area contributed by atoms with Crippen molar-refractivity contribution in [3.63, 3.8) is 0 Å². The van der Waals surface area contributed by atoms with Gasteiger partial charge in [0.1, 0.15) is 6.26 Å². The first-order valence-corrected chi connectivity index (χ1v) is 4.46. The summed E-state index contributed by atoms with van der Waals surface area (Å²) in [5, 5.41) is 0.855. The predicted molar refractivity (Wildman–Crippen MR) is 44.2 cm³/mol. The molecule has 3 nitrogen and oxygen atoms in total. The van der Waals surface area contributed by atoms with E-state index in [-0.39, 0.29) is 5.97 Å². The Hall–Kier alpha value is -1.03. The molecule has 0 bridgehead atoms. The molecule has 0 aliphatic rings. The van der Waals surface area contributed by atoms with Crippen LogP contribution in [-0.4, -0.2) is 22.8 Å². The first-order chi connectivity index (χ1) is 5.24. The Balaban J connectivity index is 2.69. The Bertz CT molecular complexity index is 254. The van der Waals surface area contributed by atoms with Crippen LogP contribution in [0.3, 0.4) is 0 Å². The smallest absolute Gasteiger partial charge is 0.341 e. The molecule has 0 aliphatic carbocycles. The standard InChI is InChI=1S/C7H10O3Si/c1-2-9-7(8)5-3-6(11)10-4-5/h3-4H,2H2,1,11H3. The van der Waals surface area contributed by atoms with E-state index in [0.717, 1.165) is 15.6 Å². The van der Waals surface area contributed by atoms with Crippen molar-refractivity contribution >= 4 is 21.6 Å². The third kappa shape index (κ3) is 1.94. The molecule has 0 saturated heterocycles. The van der Waals surface area contributed by atoms with Crippen LogP contribution in [0.5, 0.6) is 0 Å². The Labute approximate surface area is 67.8 Å². The van der Waals surface area contributed by atoms with Gasteiger partial charge in [-0.05, 0) is 13.0 Å². The molecular weight excluding hydrogens is 160 g/mol. The summed E-state index contributed by atoms with van der Waals surface area (Å²) in [5.74, 6) is -0.307. The van der Waals surface area contributed by atoms with Gasteiger partial charge in [-0.3, -0.25) is 0 Å². The first-order valence-electron chi connectivity index (χ1n) is 3.46. The van der Waals surface area contributed by atoms with E-state index in [2.05, 4.69) is 0 Å². The zero-order chi connectivity index (χ0) is 8.27. The minimum atomic E-state index is -0.307. The summed E-state index contributed by atoms with van der Waals surface area (Å²) in [6.07, 6.45) is 1.43. The van der Waals surface area contributed by atoms with Gasteiger partial charge < -0.3 is 9.15 Å². The Morgan fingerprint density at radius 3 is 3.00 bits per heavy atom. The average Bonchev–Trinajstić information content (AvgIpc) is 2.36. The number of furan rings is 1. The predicted octanol–water partition coefficient (Wildman–Crippen LogP) is -0.553. The average molecular weight is 170 g/mol. The van der Waals surface area contributed by atoms with Crippen LogP contribution < -0.4 is 5.38 Å². The normalized spacial score (nSPS) is 9.91. The maximum Gasteiger partial charge on any atom is 0.341 e. The monoisotopic (exact) mass is 170 g/mol. The molecule has 1 heterocycles. The van der Waals surface area contributed by atoms with Crippen LogP contribution in [0.2, 0.25) is 0 Å². The van der Waals surface area contributed by atoms with E-state index < -0.39 is 0 Å². The Morgan fingerprint density at radius 2 is 2.55 bits per heavy atom. The topological polar surface area (TPSA) is 39.4 Å². The summed E-state index contributed by atoms with van der Waals surface area (Å²) in [6, 6.07) is 1.71. The van der Waals surface area contributed by atoms with E-state index in [1.807, 2.05) is 0 Å². The van der Waals surface area contributed by atoms with Crippen LogP contribution >= 0.6 is 0 Å². The zero-order valence-corrected chi connectivity index (χ0v) is 8.59. The molecule has 0 saturated carbocycles. The van der Waals surface area contributed by atoms with Crippen molar-refractivity contribution in [3.8, 4) is 0 Å². The van der Waals surface area contributed by atoms with Gasteiger partial charge in [-0.1, -0.05) is 0 Å². The minimum absolute atomic E-state index is 0.307. The second kappa shape index (κ2) is 3.38. The molecule has 1 aromatic heterocycles. The molecule has 11 heavy (non-hydrogen) atoms. The highest BCUT2D eigenvalue weighted by molar-refractivity contribution is 6.30. The van der Waals surface area contributed by atoms with Crippen molar-refractivity contribution in [1.82, 2.24) is 0 Å². The molecule has 60 valence electrons. The van der Waals surface area contributed by atoms with Crippen LogP contribution in [0.15, 0.2) is 16.7 Å². The van der Waals surface area contributed by atoms with Gasteiger partial charge in [0, 0.05) is 0 Å². The third-order valence-corrected chi connectivity index (χ3v) is 1.77. The zero-order valence-electron chi connectivity index (χ0n) is 6.59. The first kappa shape index (κ1) is 8.07. The van der Waals surface area contributed by atoms with E-state index in [1.165, 1.54) is 6.26 Å². The highest BCUT2D eigenvalue weighted by atomic mass is 28.1. The molecule has 0 unspecified atom stereocenters. The largest absolute Gasteiger partial charge is 0.475 e. The van der Waals surface area contributed by atoms with Crippen molar-refractivity contribution < 1.29 is 13.9 Å². The number of ether oxygens (including phenoxy) is 1. The molecule has 0 spiro atoms. The van der Waals surface area contributed by atoms with Crippen molar-refractivity contribution in [1.29, 1.82) is 0 Å². The molecule has 0 fully saturated rings. The van der Waals surface area contributed by atoms with E-state index in [0.29, 0.717) is 12.2 Å². The van der Waals surface area contributed by atoms with Gasteiger partial charge in [-0.2, -0.15) is 0 Å². The van der Waals surface area contributed by atoms with Crippen LogP contribution in [0.25, 0.3) is 0 Å². The van der Waals surface area contributed by atoms with E-state index in [1.54, 1.807) is 13.0 Å². The van der Waals surface area contributed by atoms with Crippen molar-refractivity contribution in [2.45, 2.75) is 6.92 Å². The van der Waals surface area contributed by atoms with Gasteiger partial charge >= 0.3 is 5.97 Å². The number of hydrogen-bond donors (Lipinski definition) is 0. The van der Waals surface area contributed by atoms with Crippen LogP contribution in [0, 0.1) is 0 Å². The van der Waals surface area contributed by atoms with Crippen LogP contribution in [-0.2, 0) is 4.74 Å². The molecule has 0 aliphatic heterocycles. The lowest BCUT2D eigenvalue weighted by Gasteiger charge is -1.95. The minimum Gasteiger partial charge on any atom is -0.475 e. The fourth-order valence-electron chi connectivity index (χ4n) is 0.765. The summed E-state index contributed by atoms with van der Waals surface area (Å²) >= 11 is 0. The van der Waals surface area contributed by atoms with Gasteiger partial charge in [0.2, 0.25) is 0 Å². The molecule has 4 heteroatoms. The number of carbonyl (C=O) groups is 1. The number of hydrogen-bond acceptors (Lipinski definition) is 3. The van der Waals surface area contributed by atoms with Gasteiger partial charge in [-0.15, -0.1) is 0 Å². The van der Waals surface area contributed by atoms with E-state index >= 15 is 0 Å². The van der Waals surface area contributed by atoms with Crippen LogP contribution in [0.4, 0.5) is 0 Å². The van der Waals surface area contributed by atoms with E-state index in [4.69, 9.17) is 9.15 Å². The lowest BCUT2D eigenvalue weighted by Crippen LogP contribution is -2.04. The summed E-state index contributed by atoms with van der Waals surface area (Å²) < 4.78 is 9.75.